The highest BCUT2D eigenvalue weighted by Crippen LogP contribution is 2.33. The molecule has 0 bridgehead atoms. The van der Waals surface area contributed by atoms with Gasteiger partial charge in [0.1, 0.15) is 23.9 Å². The molecule has 0 fully saturated rings. The van der Waals surface area contributed by atoms with Crippen LogP contribution in [0.1, 0.15) is 5.56 Å². The third-order valence-electron chi connectivity index (χ3n) is 5.18. The number of anilines is 2. The van der Waals surface area contributed by atoms with Gasteiger partial charge in [0, 0.05) is 18.8 Å². The van der Waals surface area contributed by atoms with E-state index in [9.17, 15) is 4.79 Å². The predicted octanol–water partition coefficient (Wildman–Crippen LogP) is 3.39. The molecule has 8 nitrogen and oxygen atoms in total. The van der Waals surface area contributed by atoms with E-state index in [0.29, 0.717) is 30.4 Å². The molecule has 1 amide bonds. The molecule has 0 radical (unpaired) electrons. The number of fused-ring (bicyclic) bond motifs is 1. The van der Waals surface area contributed by atoms with Gasteiger partial charge in [0.05, 0.1) is 31.5 Å². The number of hydrogen-bond acceptors (Lipinski definition) is 7. The van der Waals surface area contributed by atoms with Crippen molar-refractivity contribution in [3.8, 4) is 28.5 Å². The number of ether oxygens (including phenoxy) is 3. The van der Waals surface area contributed by atoms with Crippen molar-refractivity contribution in [2.75, 3.05) is 38.5 Å². The monoisotopic (exact) mass is 420 g/mol. The van der Waals surface area contributed by atoms with E-state index in [-0.39, 0.29) is 11.8 Å². The Labute approximate surface area is 180 Å². The first-order valence-electron chi connectivity index (χ1n) is 9.91. The van der Waals surface area contributed by atoms with Crippen LogP contribution in [-0.4, -0.2) is 43.7 Å². The van der Waals surface area contributed by atoms with Gasteiger partial charge in [0.2, 0.25) is 11.9 Å². The Morgan fingerprint density at radius 1 is 1.13 bits per heavy atom. The summed E-state index contributed by atoms with van der Waals surface area (Å²) in [5, 5.41) is 5.90. The molecule has 0 spiro atoms. The number of methoxy groups -OCH3 is 2. The highest BCUT2D eigenvalue weighted by atomic mass is 16.5. The largest absolute Gasteiger partial charge is 0.497 e. The summed E-state index contributed by atoms with van der Waals surface area (Å²) in [5.41, 5.74) is 3.16. The van der Waals surface area contributed by atoms with Crippen LogP contribution in [0.25, 0.3) is 11.3 Å². The van der Waals surface area contributed by atoms with Gasteiger partial charge in [0.15, 0.2) is 0 Å². The highest BCUT2D eigenvalue weighted by Gasteiger charge is 2.27. The quantitative estimate of drug-likeness (QED) is 0.631. The summed E-state index contributed by atoms with van der Waals surface area (Å²) in [4.78, 5) is 21.5. The fourth-order valence-electron chi connectivity index (χ4n) is 3.49. The molecule has 2 N–H and O–H groups in total. The molecule has 0 aliphatic carbocycles. The average Bonchev–Trinajstić information content (AvgIpc) is 2.83. The minimum absolute atomic E-state index is 0.126. The summed E-state index contributed by atoms with van der Waals surface area (Å²) < 4.78 is 16.6. The van der Waals surface area contributed by atoms with E-state index in [2.05, 4.69) is 20.6 Å². The van der Waals surface area contributed by atoms with Crippen molar-refractivity contribution in [3.05, 3.63) is 54.2 Å². The number of amides is 1. The maximum atomic E-state index is 12.9. The summed E-state index contributed by atoms with van der Waals surface area (Å²) in [6, 6.07) is 13.0. The van der Waals surface area contributed by atoms with Crippen molar-refractivity contribution in [2.45, 2.75) is 6.42 Å². The first-order valence-corrected chi connectivity index (χ1v) is 9.91. The SMILES string of the molecule is CNc1nccc(-c2ccc(NC(=O)C3COc4ccc(OC)cc4C3)c(OC)c2)n1. The zero-order valence-corrected chi connectivity index (χ0v) is 17.6. The Kier molecular flexibility index (Phi) is 5.88. The molecule has 4 rings (SSSR count). The van der Waals surface area contributed by atoms with E-state index >= 15 is 0 Å². The molecular formula is C23H24N4O4. The van der Waals surface area contributed by atoms with Crippen LogP contribution < -0.4 is 24.8 Å². The zero-order valence-electron chi connectivity index (χ0n) is 17.6. The lowest BCUT2D eigenvalue weighted by Crippen LogP contribution is -2.32. The molecular weight excluding hydrogens is 396 g/mol. The maximum Gasteiger partial charge on any atom is 0.231 e. The minimum Gasteiger partial charge on any atom is -0.497 e. The standard InChI is InChI=1S/C23H24N4O4/c1-24-23-25-9-8-18(27-23)14-4-6-19(21(12-14)30-3)26-22(28)16-10-15-11-17(29-2)5-7-20(15)31-13-16/h4-9,11-12,16H,10,13H2,1-3H3,(H,26,28)(H,24,25,27). The normalized spacial score (nSPS) is 14.7. The Morgan fingerprint density at radius 2 is 2.00 bits per heavy atom. The molecule has 1 aliphatic rings. The third kappa shape index (κ3) is 4.37. The van der Waals surface area contributed by atoms with Gasteiger partial charge in [-0.05, 0) is 48.4 Å². The van der Waals surface area contributed by atoms with Crippen molar-refractivity contribution in [2.24, 2.45) is 5.92 Å². The molecule has 1 aromatic heterocycles. The van der Waals surface area contributed by atoms with Gasteiger partial charge in [-0.25, -0.2) is 9.97 Å². The predicted molar refractivity (Wildman–Crippen MR) is 118 cm³/mol. The molecule has 2 heterocycles. The number of aromatic nitrogens is 2. The van der Waals surface area contributed by atoms with Gasteiger partial charge in [-0.15, -0.1) is 0 Å². The van der Waals surface area contributed by atoms with Crippen molar-refractivity contribution < 1.29 is 19.0 Å². The molecule has 3 aromatic rings. The average molecular weight is 420 g/mol. The van der Waals surface area contributed by atoms with Crippen LogP contribution in [0.5, 0.6) is 17.2 Å². The van der Waals surface area contributed by atoms with Crippen LogP contribution in [-0.2, 0) is 11.2 Å². The summed E-state index contributed by atoms with van der Waals surface area (Å²) >= 11 is 0. The first-order chi connectivity index (χ1) is 15.1. The summed E-state index contributed by atoms with van der Waals surface area (Å²) in [5.74, 6) is 2.17. The second kappa shape index (κ2) is 8.91. The van der Waals surface area contributed by atoms with Crippen molar-refractivity contribution in [3.63, 3.8) is 0 Å². The van der Waals surface area contributed by atoms with Gasteiger partial charge >= 0.3 is 0 Å². The number of carbonyl (C=O) groups is 1. The summed E-state index contributed by atoms with van der Waals surface area (Å²) in [6.45, 7) is 0.319. The van der Waals surface area contributed by atoms with Crippen LogP contribution in [0.4, 0.5) is 11.6 Å². The van der Waals surface area contributed by atoms with Crippen molar-refractivity contribution in [1.82, 2.24) is 9.97 Å². The first kappa shape index (κ1) is 20.5. The van der Waals surface area contributed by atoms with E-state index in [4.69, 9.17) is 14.2 Å². The number of hydrogen-bond donors (Lipinski definition) is 2. The molecule has 31 heavy (non-hydrogen) atoms. The molecule has 1 aliphatic heterocycles. The summed E-state index contributed by atoms with van der Waals surface area (Å²) in [6.07, 6.45) is 2.26. The van der Waals surface area contributed by atoms with Crippen LogP contribution in [0.2, 0.25) is 0 Å². The van der Waals surface area contributed by atoms with E-state index < -0.39 is 0 Å². The van der Waals surface area contributed by atoms with Gasteiger partial charge in [-0.2, -0.15) is 0 Å². The van der Waals surface area contributed by atoms with E-state index in [0.717, 1.165) is 28.3 Å². The molecule has 1 atom stereocenters. The van der Waals surface area contributed by atoms with E-state index in [1.807, 2.05) is 42.5 Å². The van der Waals surface area contributed by atoms with Crippen LogP contribution in [0.3, 0.4) is 0 Å². The Bertz CT molecular complexity index is 1100. The van der Waals surface area contributed by atoms with Gasteiger partial charge < -0.3 is 24.8 Å². The fourth-order valence-corrected chi connectivity index (χ4v) is 3.49. The second-order valence-electron chi connectivity index (χ2n) is 7.11. The molecule has 1 unspecified atom stereocenters. The Morgan fingerprint density at radius 3 is 2.77 bits per heavy atom. The Balaban J connectivity index is 1.51. The van der Waals surface area contributed by atoms with Gasteiger partial charge in [-0.1, -0.05) is 6.07 Å². The van der Waals surface area contributed by atoms with E-state index in [1.165, 1.54) is 0 Å². The van der Waals surface area contributed by atoms with Gasteiger partial charge in [-0.3, -0.25) is 4.79 Å². The molecule has 160 valence electrons. The highest BCUT2D eigenvalue weighted by molar-refractivity contribution is 5.95. The van der Waals surface area contributed by atoms with Crippen LogP contribution in [0.15, 0.2) is 48.7 Å². The molecule has 0 saturated carbocycles. The lowest BCUT2D eigenvalue weighted by atomic mass is 9.95. The number of benzene rings is 2. The topological polar surface area (TPSA) is 94.6 Å². The van der Waals surface area contributed by atoms with E-state index in [1.54, 1.807) is 27.5 Å². The number of carbonyl (C=O) groups excluding carboxylic acids is 1. The zero-order chi connectivity index (χ0) is 21.8. The minimum atomic E-state index is -0.316. The Hall–Kier alpha value is -3.81. The van der Waals surface area contributed by atoms with Crippen molar-refractivity contribution in [1.29, 1.82) is 0 Å². The number of nitrogens with zero attached hydrogens (tertiary/aromatic N) is 2. The molecule has 0 saturated heterocycles. The van der Waals surface area contributed by atoms with Crippen molar-refractivity contribution >= 4 is 17.5 Å². The summed E-state index contributed by atoms with van der Waals surface area (Å²) in [7, 11) is 4.95. The lowest BCUT2D eigenvalue weighted by molar-refractivity contribution is -0.121. The smallest absolute Gasteiger partial charge is 0.231 e. The number of nitrogens with one attached hydrogen (secondary N) is 2. The molecule has 8 heteroatoms. The third-order valence-corrected chi connectivity index (χ3v) is 5.18. The maximum absolute atomic E-state index is 12.9. The fraction of sp³-hybridized carbons (Fsp3) is 0.261. The van der Waals surface area contributed by atoms with Crippen LogP contribution >= 0.6 is 0 Å². The van der Waals surface area contributed by atoms with Crippen LogP contribution in [0, 0.1) is 5.92 Å². The van der Waals surface area contributed by atoms with Gasteiger partial charge in [0.25, 0.3) is 0 Å². The number of rotatable bonds is 6. The lowest BCUT2D eigenvalue weighted by Gasteiger charge is -2.25. The molecule has 2 aromatic carbocycles. The second-order valence-corrected chi connectivity index (χ2v) is 7.11.